The van der Waals surface area contributed by atoms with Gasteiger partial charge in [-0.05, 0) is 61.6 Å². The number of halogens is 3. The predicted octanol–water partition coefficient (Wildman–Crippen LogP) is 5.98. The number of rotatable bonds is 3. The molecule has 0 radical (unpaired) electrons. The van der Waals surface area contributed by atoms with E-state index in [9.17, 15) is 14.3 Å². The molecule has 1 fully saturated rings. The van der Waals surface area contributed by atoms with Crippen molar-refractivity contribution in [2.24, 2.45) is 0 Å². The van der Waals surface area contributed by atoms with Crippen LogP contribution >= 0.6 is 27.5 Å². The maximum atomic E-state index is 14.2. The number of aliphatic carboxylic acids is 1. The highest BCUT2D eigenvalue weighted by Gasteiger charge is 2.51. The molecule has 0 heterocycles. The zero-order valence-electron chi connectivity index (χ0n) is 14.4. The number of nitrogens with one attached hydrogen (secondary N) is 1. The van der Waals surface area contributed by atoms with Gasteiger partial charge in [0.05, 0.1) is 0 Å². The van der Waals surface area contributed by atoms with Crippen LogP contribution < -0.4 is 5.32 Å². The molecule has 0 aliphatic heterocycles. The second-order valence-electron chi connectivity index (χ2n) is 7.30. The summed E-state index contributed by atoms with van der Waals surface area (Å²) >= 11 is 9.67. The van der Waals surface area contributed by atoms with Crippen LogP contribution in [0.4, 0.5) is 10.1 Å². The summed E-state index contributed by atoms with van der Waals surface area (Å²) in [7, 11) is 0. The lowest BCUT2D eigenvalue weighted by Crippen LogP contribution is -2.52. The molecule has 1 spiro atoms. The number of carbonyl (C=O) groups is 1. The Morgan fingerprint density at radius 3 is 2.52 bits per heavy atom. The summed E-state index contributed by atoms with van der Waals surface area (Å²) in [4.78, 5) is 12.2. The van der Waals surface area contributed by atoms with Gasteiger partial charge in [0.2, 0.25) is 0 Å². The molecule has 4 rings (SSSR count). The molecule has 0 atom stereocenters. The standard InChI is InChI=1S/C21H18BrClFNO2/c22-18-12-15-16(5-2-6-17(15)24)20(18)7-9-21(10-8-20,19(26)27)25-14-4-1-3-13(23)11-14/h1-6,11-12,25H,7-10H2,(H,26,27). The van der Waals surface area contributed by atoms with E-state index in [4.69, 9.17) is 11.6 Å². The van der Waals surface area contributed by atoms with Crippen molar-refractivity contribution in [3.05, 3.63) is 68.9 Å². The molecule has 2 aromatic carbocycles. The highest BCUT2D eigenvalue weighted by Crippen LogP contribution is 2.55. The maximum absolute atomic E-state index is 14.2. The molecule has 2 aromatic rings. The largest absolute Gasteiger partial charge is 0.480 e. The van der Waals surface area contributed by atoms with Crippen LogP contribution in [0, 0.1) is 5.82 Å². The Balaban J connectivity index is 1.65. The molecule has 2 N–H and O–H groups in total. The Morgan fingerprint density at radius 1 is 1.15 bits per heavy atom. The van der Waals surface area contributed by atoms with Crippen LogP contribution in [0.2, 0.25) is 5.02 Å². The molecule has 27 heavy (non-hydrogen) atoms. The smallest absolute Gasteiger partial charge is 0.329 e. The Morgan fingerprint density at radius 2 is 1.85 bits per heavy atom. The molecular weight excluding hydrogens is 433 g/mol. The fraction of sp³-hybridized carbons (Fsp3) is 0.286. The van der Waals surface area contributed by atoms with Gasteiger partial charge in [0.15, 0.2) is 0 Å². The second kappa shape index (κ2) is 6.64. The molecule has 0 bridgehead atoms. The fourth-order valence-corrected chi connectivity index (χ4v) is 5.37. The molecular formula is C21H18BrClFNO2. The van der Waals surface area contributed by atoms with Crippen LogP contribution in [0.1, 0.15) is 36.8 Å². The van der Waals surface area contributed by atoms with Crippen LogP contribution in [0.5, 0.6) is 0 Å². The zero-order valence-corrected chi connectivity index (χ0v) is 16.8. The Bertz CT molecular complexity index is 951. The van der Waals surface area contributed by atoms with Gasteiger partial charge >= 0.3 is 5.97 Å². The SMILES string of the molecule is O=C(O)C1(Nc2cccc(Cl)c2)CCC2(CC1)C(Br)=Cc1c(F)cccc12. The van der Waals surface area contributed by atoms with Crippen LogP contribution in [0.25, 0.3) is 6.08 Å². The molecule has 0 saturated heterocycles. The van der Waals surface area contributed by atoms with Gasteiger partial charge in [0.1, 0.15) is 11.4 Å². The van der Waals surface area contributed by atoms with Gasteiger partial charge in [-0.25, -0.2) is 9.18 Å². The van der Waals surface area contributed by atoms with Crippen molar-refractivity contribution < 1.29 is 14.3 Å². The van der Waals surface area contributed by atoms with Gasteiger partial charge < -0.3 is 10.4 Å². The van der Waals surface area contributed by atoms with E-state index in [-0.39, 0.29) is 11.2 Å². The average molecular weight is 451 g/mol. The van der Waals surface area contributed by atoms with Crippen molar-refractivity contribution in [1.29, 1.82) is 0 Å². The van der Waals surface area contributed by atoms with Crippen molar-refractivity contribution >= 4 is 45.3 Å². The summed E-state index contributed by atoms with van der Waals surface area (Å²) in [6, 6.07) is 12.2. The normalized spacial score (nSPS) is 26.6. The lowest BCUT2D eigenvalue weighted by Gasteiger charge is -2.44. The minimum Gasteiger partial charge on any atom is -0.480 e. The first-order valence-corrected chi connectivity index (χ1v) is 9.97. The number of hydrogen-bond acceptors (Lipinski definition) is 2. The fourth-order valence-electron chi connectivity index (χ4n) is 4.34. The van der Waals surface area contributed by atoms with Crippen molar-refractivity contribution in [3.8, 4) is 0 Å². The van der Waals surface area contributed by atoms with E-state index in [0.717, 1.165) is 10.0 Å². The summed E-state index contributed by atoms with van der Waals surface area (Å²) < 4.78 is 15.2. The van der Waals surface area contributed by atoms with Gasteiger partial charge in [-0.3, -0.25) is 0 Å². The second-order valence-corrected chi connectivity index (χ2v) is 8.59. The summed E-state index contributed by atoms with van der Waals surface area (Å²) in [5.74, 6) is -1.12. The molecule has 2 aliphatic carbocycles. The number of allylic oxidation sites excluding steroid dienone is 1. The van der Waals surface area contributed by atoms with Gasteiger partial charge in [0.25, 0.3) is 0 Å². The Hall–Kier alpha value is -1.85. The summed E-state index contributed by atoms with van der Waals surface area (Å²) in [5.41, 5.74) is 0.811. The van der Waals surface area contributed by atoms with Gasteiger partial charge in [-0.1, -0.05) is 45.7 Å². The Kier molecular flexibility index (Phi) is 4.55. The van der Waals surface area contributed by atoms with Gasteiger partial charge in [-0.15, -0.1) is 0 Å². The highest BCUT2D eigenvalue weighted by molar-refractivity contribution is 9.11. The van der Waals surface area contributed by atoms with Crippen LogP contribution in [0.3, 0.4) is 0 Å². The van der Waals surface area contributed by atoms with Crippen molar-refractivity contribution in [2.45, 2.75) is 36.6 Å². The van der Waals surface area contributed by atoms with E-state index < -0.39 is 11.5 Å². The topological polar surface area (TPSA) is 49.3 Å². The first-order chi connectivity index (χ1) is 12.9. The van der Waals surface area contributed by atoms with Crippen molar-refractivity contribution in [3.63, 3.8) is 0 Å². The third-order valence-corrected chi connectivity index (χ3v) is 7.09. The Labute approximate surface area is 170 Å². The van der Waals surface area contributed by atoms with Gasteiger partial charge in [0, 0.05) is 26.2 Å². The van der Waals surface area contributed by atoms with E-state index in [1.54, 1.807) is 24.3 Å². The van der Waals surface area contributed by atoms with E-state index in [0.29, 0.717) is 42.0 Å². The predicted molar refractivity (Wildman–Crippen MR) is 109 cm³/mol. The molecule has 3 nitrogen and oxygen atoms in total. The van der Waals surface area contributed by atoms with Crippen LogP contribution in [-0.4, -0.2) is 16.6 Å². The molecule has 0 aromatic heterocycles. The molecule has 1 saturated carbocycles. The first kappa shape index (κ1) is 18.5. The lowest BCUT2D eigenvalue weighted by molar-refractivity contribution is -0.143. The third-order valence-electron chi connectivity index (χ3n) is 5.87. The number of carboxylic acids is 1. The molecule has 0 unspecified atom stereocenters. The van der Waals surface area contributed by atoms with E-state index in [1.165, 1.54) is 6.07 Å². The number of hydrogen-bond donors (Lipinski definition) is 2. The monoisotopic (exact) mass is 449 g/mol. The summed E-state index contributed by atoms with van der Waals surface area (Å²) in [6.45, 7) is 0. The number of carboxylic acid groups (broad SMARTS) is 1. The van der Waals surface area contributed by atoms with E-state index in [2.05, 4.69) is 21.2 Å². The first-order valence-electron chi connectivity index (χ1n) is 8.80. The van der Waals surface area contributed by atoms with E-state index >= 15 is 0 Å². The van der Waals surface area contributed by atoms with Gasteiger partial charge in [-0.2, -0.15) is 0 Å². The molecule has 2 aliphatic rings. The average Bonchev–Trinajstić information content (AvgIpc) is 2.91. The number of anilines is 1. The highest BCUT2D eigenvalue weighted by atomic mass is 79.9. The minimum atomic E-state index is -1.07. The summed E-state index contributed by atoms with van der Waals surface area (Å²) in [5, 5.41) is 13.7. The quantitative estimate of drug-likeness (QED) is 0.605. The molecule has 0 amide bonds. The number of benzene rings is 2. The summed E-state index contributed by atoms with van der Waals surface area (Å²) in [6.07, 6.45) is 3.91. The molecule has 6 heteroatoms. The van der Waals surface area contributed by atoms with Crippen LogP contribution in [0.15, 0.2) is 46.9 Å². The van der Waals surface area contributed by atoms with Crippen molar-refractivity contribution in [1.82, 2.24) is 0 Å². The van der Waals surface area contributed by atoms with E-state index in [1.807, 2.05) is 18.2 Å². The zero-order chi connectivity index (χ0) is 19.2. The minimum absolute atomic E-state index is 0.242. The maximum Gasteiger partial charge on any atom is 0.329 e. The molecule has 140 valence electrons. The number of fused-ring (bicyclic) bond motifs is 2. The lowest BCUT2D eigenvalue weighted by atomic mass is 9.65. The van der Waals surface area contributed by atoms with Crippen LogP contribution in [-0.2, 0) is 10.2 Å². The third kappa shape index (κ3) is 2.97. The van der Waals surface area contributed by atoms with Crippen molar-refractivity contribution in [2.75, 3.05) is 5.32 Å².